The molecule has 3 N–H and O–H groups in total. The third kappa shape index (κ3) is 4.89. The van der Waals surface area contributed by atoms with Crippen LogP contribution in [0.3, 0.4) is 0 Å². The molecule has 2 aromatic rings. The lowest BCUT2D eigenvalue weighted by Crippen LogP contribution is -2.78. The lowest BCUT2D eigenvalue weighted by atomic mass is 9.38. The molecule has 0 unspecified atom stereocenters. The Morgan fingerprint density at radius 2 is 1.98 bits per heavy atom. The Labute approximate surface area is 262 Å². The first-order valence-corrected chi connectivity index (χ1v) is 17.4. The van der Waals surface area contributed by atoms with E-state index in [4.69, 9.17) is 4.99 Å². The Hall–Kier alpha value is -3.89. The van der Waals surface area contributed by atoms with Gasteiger partial charge in [0.05, 0.1) is 23.3 Å². The summed E-state index contributed by atoms with van der Waals surface area (Å²) in [4.78, 5) is 53.6. The number of aliphatic imine (C=N–C) groups is 1. The number of hydrogen-bond donors (Lipinski definition) is 3. The van der Waals surface area contributed by atoms with Crippen molar-refractivity contribution in [3.63, 3.8) is 0 Å². The van der Waals surface area contributed by atoms with Gasteiger partial charge in [-0.15, -0.1) is 11.3 Å². The van der Waals surface area contributed by atoms with Crippen LogP contribution in [-0.4, -0.2) is 108 Å². The number of aliphatic carboxylic acids is 1. The Bertz CT molecular complexity index is 1770. The van der Waals surface area contributed by atoms with E-state index in [-0.39, 0.29) is 24.2 Å². The maximum Gasteiger partial charge on any atom is 0.335 e. The number of amidine groups is 1. The number of carboxylic acid groups (broad SMARTS) is 1. The zero-order valence-electron chi connectivity index (χ0n) is 24.6. The summed E-state index contributed by atoms with van der Waals surface area (Å²) in [7, 11) is -3.66. The Balaban J connectivity index is 1.10. The van der Waals surface area contributed by atoms with Crippen molar-refractivity contribution in [1.29, 1.82) is 0 Å². The molecule has 4 heterocycles. The second-order valence-corrected chi connectivity index (χ2v) is 15.4. The highest BCUT2D eigenvalue weighted by atomic mass is 32.2. The highest BCUT2D eigenvalue weighted by Gasteiger charge is 2.75. The zero-order chi connectivity index (χ0) is 31.9. The van der Waals surface area contributed by atoms with Crippen molar-refractivity contribution in [3.8, 4) is 0 Å². The fourth-order valence-corrected chi connectivity index (χ4v) is 8.78. The molecule has 5 fully saturated rings. The molecule has 16 heteroatoms. The Morgan fingerprint density at radius 1 is 1.22 bits per heavy atom. The number of benzene rings is 1. The van der Waals surface area contributed by atoms with Gasteiger partial charge in [0.15, 0.2) is 10.8 Å². The number of halogens is 1. The largest absolute Gasteiger partial charge is 0.478 e. The molecule has 2 bridgehead atoms. The van der Waals surface area contributed by atoms with Crippen LogP contribution in [0.15, 0.2) is 46.0 Å². The number of urea groups is 1. The molecular weight excluding hydrogens is 625 g/mol. The lowest BCUT2D eigenvalue weighted by Gasteiger charge is -2.71. The standard InChI is InChI=1S/C29H32FN7O6S2/c1-16-18(4-3-5-19(16)30)22-21(25(38)39)20(32-23(33-22)24-31-6-9-44-24)12-35-7-8-36-17(10-35)11-37(27(36)41)29-13-28(14-29,15-29)26(40)34-45(2,42)43/h3-6,9,17,22H,7-8,10-15H2,1-2H3,(H,32,33)(H,34,40)(H,38,39)/t17-,22-,28?,29?/m0/s1. The molecule has 2 saturated heterocycles. The third-order valence-corrected chi connectivity index (χ3v) is 11.1. The van der Waals surface area contributed by atoms with Crippen LogP contribution < -0.4 is 10.0 Å². The van der Waals surface area contributed by atoms with Crippen molar-refractivity contribution >= 4 is 45.1 Å². The van der Waals surface area contributed by atoms with Crippen LogP contribution >= 0.6 is 11.3 Å². The molecule has 8 rings (SSSR count). The predicted octanol–water partition coefficient (Wildman–Crippen LogP) is 1.44. The molecule has 6 aliphatic rings. The van der Waals surface area contributed by atoms with E-state index < -0.39 is 44.7 Å². The quantitative estimate of drug-likeness (QED) is 0.381. The minimum Gasteiger partial charge on any atom is -0.478 e. The van der Waals surface area contributed by atoms with Crippen molar-refractivity contribution < 1.29 is 32.3 Å². The van der Waals surface area contributed by atoms with Crippen molar-refractivity contribution in [2.24, 2.45) is 10.4 Å². The Kier molecular flexibility index (Phi) is 6.83. The zero-order valence-corrected chi connectivity index (χ0v) is 26.3. The van der Waals surface area contributed by atoms with Crippen molar-refractivity contribution in [3.05, 3.63) is 63.0 Å². The van der Waals surface area contributed by atoms with Gasteiger partial charge in [-0.2, -0.15) is 0 Å². The van der Waals surface area contributed by atoms with Crippen molar-refractivity contribution in [2.75, 3.05) is 39.0 Å². The molecule has 0 radical (unpaired) electrons. The average Bonchev–Trinajstić information content (AvgIpc) is 3.56. The molecule has 3 amide bonds. The van der Waals surface area contributed by atoms with Crippen LogP contribution in [0.5, 0.6) is 0 Å². The number of carbonyl (C=O) groups is 3. The molecule has 3 aliphatic carbocycles. The number of aromatic nitrogens is 1. The van der Waals surface area contributed by atoms with E-state index in [9.17, 15) is 32.3 Å². The topological polar surface area (TPSA) is 165 Å². The average molecular weight is 658 g/mol. The van der Waals surface area contributed by atoms with Gasteiger partial charge < -0.3 is 20.2 Å². The van der Waals surface area contributed by atoms with E-state index in [1.54, 1.807) is 30.6 Å². The van der Waals surface area contributed by atoms with Crippen LogP contribution in [0.1, 0.15) is 41.4 Å². The molecule has 45 heavy (non-hydrogen) atoms. The summed E-state index contributed by atoms with van der Waals surface area (Å²) in [6, 6.07) is 3.40. The highest BCUT2D eigenvalue weighted by molar-refractivity contribution is 7.89. The molecule has 13 nitrogen and oxygen atoms in total. The van der Waals surface area contributed by atoms with E-state index in [0.29, 0.717) is 73.1 Å². The molecule has 2 atom stereocenters. The summed E-state index contributed by atoms with van der Waals surface area (Å²) in [6.07, 6.45) is 3.91. The molecule has 1 aromatic carbocycles. The van der Waals surface area contributed by atoms with Crippen LogP contribution in [0.4, 0.5) is 9.18 Å². The molecule has 1 aromatic heterocycles. The maximum absolute atomic E-state index is 14.6. The van der Waals surface area contributed by atoms with Gasteiger partial charge in [-0.1, -0.05) is 12.1 Å². The number of amides is 3. The monoisotopic (exact) mass is 657 g/mol. The minimum absolute atomic E-state index is 0.0297. The number of nitrogens with one attached hydrogen (secondary N) is 2. The number of piperazine rings is 1. The first-order chi connectivity index (χ1) is 21.3. The van der Waals surface area contributed by atoms with Gasteiger partial charge in [0.1, 0.15) is 11.9 Å². The molecule has 238 valence electrons. The van der Waals surface area contributed by atoms with Crippen LogP contribution in [0.25, 0.3) is 0 Å². The normalized spacial score (nSPS) is 29.4. The number of fused-ring (bicyclic) bond motifs is 1. The fourth-order valence-electron chi connectivity index (χ4n) is 7.64. The summed E-state index contributed by atoms with van der Waals surface area (Å²) >= 11 is 1.36. The van der Waals surface area contributed by atoms with Crippen LogP contribution in [-0.2, 0) is 19.6 Å². The number of nitrogens with zero attached hydrogens (tertiary/aromatic N) is 5. The molecule has 3 saturated carbocycles. The van der Waals surface area contributed by atoms with Crippen molar-refractivity contribution in [1.82, 2.24) is 29.7 Å². The van der Waals surface area contributed by atoms with Crippen LogP contribution in [0.2, 0.25) is 0 Å². The molecular formula is C29H32FN7O6S2. The Morgan fingerprint density at radius 3 is 2.64 bits per heavy atom. The van der Waals surface area contributed by atoms with E-state index in [1.165, 1.54) is 17.4 Å². The predicted molar refractivity (Wildman–Crippen MR) is 161 cm³/mol. The summed E-state index contributed by atoms with van der Waals surface area (Å²) in [5, 5.41) is 16.0. The fraction of sp³-hybridized carbons (Fsp3) is 0.483. The lowest BCUT2D eigenvalue weighted by molar-refractivity contribution is -0.203. The SMILES string of the molecule is Cc1c(F)cccc1[C@@H]1N=C(c2nccs2)NC(CN2CCN3C(=O)N(C45CC(C(=O)NS(C)(=O)=O)(C4)C5)C[C@@H]3C2)=C1C(=O)O. The van der Waals surface area contributed by atoms with Gasteiger partial charge >= 0.3 is 12.0 Å². The van der Waals surface area contributed by atoms with Gasteiger partial charge in [-0.05, 0) is 43.4 Å². The third-order valence-electron chi connectivity index (χ3n) is 9.75. The number of thiazole rings is 1. The van der Waals surface area contributed by atoms with Gasteiger partial charge in [0.25, 0.3) is 0 Å². The summed E-state index contributed by atoms with van der Waals surface area (Å²) in [5.41, 5.74) is 0.0768. The number of hydrogen-bond acceptors (Lipinski definition) is 10. The second kappa shape index (κ2) is 10.3. The summed E-state index contributed by atoms with van der Waals surface area (Å²) in [5.74, 6) is -1.69. The van der Waals surface area contributed by atoms with Gasteiger partial charge in [-0.3, -0.25) is 19.4 Å². The van der Waals surface area contributed by atoms with E-state index >= 15 is 0 Å². The van der Waals surface area contributed by atoms with E-state index in [0.717, 1.165) is 6.26 Å². The molecule has 0 spiro atoms. The van der Waals surface area contributed by atoms with Gasteiger partial charge in [0, 0.05) is 55.5 Å². The number of carboxylic acids is 1. The summed E-state index contributed by atoms with van der Waals surface area (Å²) in [6.45, 7) is 3.78. The van der Waals surface area contributed by atoms with Gasteiger partial charge in [0.2, 0.25) is 15.9 Å². The second-order valence-electron chi connectivity index (χ2n) is 12.7. The number of rotatable bonds is 8. The highest BCUT2D eigenvalue weighted by Crippen LogP contribution is 2.70. The van der Waals surface area contributed by atoms with E-state index in [1.807, 2.05) is 9.80 Å². The smallest absolute Gasteiger partial charge is 0.335 e. The first-order valence-electron chi connectivity index (χ1n) is 14.6. The maximum atomic E-state index is 14.6. The van der Waals surface area contributed by atoms with Crippen LogP contribution in [0, 0.1) is 18.2 Å². The molecule has 3 aliphatic heterocycles. The summed E-state index contributed by atoms with van der Waals surface area (Å²) < 4.78 is 39.8. The van der Waals surface area contributed by atoms with E-state index in [2.05, 4.69) is 19.9 Å². The van der Waals surface area contributed by atoms with Gasteiger partial charge in [-0.25, -0.2) is 27.4 Å². The number of carbonyl (C=O) groups excluding carboxylic acids is 2. The van der Waals surface area contributed by atoms with Crippen molar-refractivity contribution in [2.45, 2.75) is 43.8 Å². The number of sulfonamides is 1. The minimum atomic E-state index is -3.66. The first kappa shape index (κ1) is 29.8.